The van der Waals surface area contributed by atoms with Crippen LogP contribution in [-0.4, -0.2) is 58.8 Å². The van der Waals surface area contributed by atoms with Crippen LogP contribution in [0.15, 0.2) is 18.2 Å². The molecule has 0 bridgehead atoms. The molecule has 1 unspecified atom stereocenters. The first kappa shape index (κ1) is 14.0. The second-order valence-electron chi connectivity index (χ2n) is 5.60. The lowest BCUT2D eigenvalue weighted by molar-refractivity contribution is -0.130. The number of hydrogen-bond acceptors (Lipinski definition) is 4. The monoisotopic (exact) mass is 292 g/mol. The predicted octanol–water partition coefficient (Wildman–Crippen LogP) is 1.02. The largest absolute Gasteiger partial charge is 0.507 e. The van der Waals surface area contributed by atoms with Crippen molar-refractivity contribution in [2.45, 2.75) is 18.9 Å². The van der Waals surface area contributed by atoms with Gasteiger partial charge in [0.2, 0.25) is 5.91 Å². The Labute approximate surface area is 122 Å². The van der Waals surface area contributed by atoms with Crippen LogP contribution >= 0.6 is 0 Å². The minimum Gasteiger partial charge on any atom is -0.507 e. The number of fused-ring (bicyclic) bond motifs is 1. The van der Waals surface area contributed by atoms with E-state index in [1.165, 1.54) is 6.07 Å². The van der Waals surface area contributed by atoms with Crippen molar-refractivity contribution in [3.05, 3.63) is 29.6 Å². The summed E-state index contributed by atoms with van der Waals surface area (Å²) in [5, 5.41) is 9.66. The smallest absolute Gasteiger partial charge is 0.222 e. The van der Waals surface area contributed by atoms with Crippen LogP contribution in [0.25, 0.3) is 0 Å². The molecule has 6 heteroatoms. The van der Waals surface area contributed by atoms with Crippen LogP contribution in [0.2, 0.25) is 0 Å². The highest BCUT2D eigenvalue weighted by molar-refractivity contribution is 6.00. The summed E-state index contributed by atoms with van der Waals surface area (Å²) in [7, 11) is 0. The summed E-state index contributed by atoms with van der Waals surface area (Å²) >= 11 is 0. The Morgan fingerprint density at radius 2 is 2.19 bits per heavy atom. The van der Waals surface area contributed by atoms with Gasteiger partial charge in [0.25, 0.3) is 0 Å². The summed E-state index contributed by atoms with van der Waals surface area (Å²) in [4.78, 5) is 27.6. The molecule has 0 radical (unpaired) electrons. The quantitative estimate of drug-likeness (QED) is 0.845. The first-order chi connectivity index (χ1) is 10.0. The zero-order valence-electron chi connectivity index (χ0n) is 11.6. The van der Waals surface area contributed by atoms with Gasteiger partial charge in [-0.1, -0.05) is 0 Å². The first-order valence-electron chi connectivity index (χ1n) is 7.08. The Morgan fingerprint density at radius 3 is 3.00 bits per heavy atom. The van der Waals surface area contributed by atoms with Gasteiger partial charge >= 0.3 is 0 Å². The number of carbonyl (C=O) groups is 2. The van der Waals surface area contributed by atoms with Crippen LogP contribution in [-0.2, 0) is 4.79 Å². The van der Waals surface area contributed by atoms with E-state index < -0.39 is 5.82 Å². The fourth-order valence-corrected chi connectivity index (χ4v) is 3.09. The molecule has 2 aliphatic heterocycles. The van der Waals surface area contributed by atoms with Gasteiger partial charge in [0, 0.05) is 32.1 Å². The number of ketones is 1. The van der Waals surface area contributed by atoms with Crippen molar-refractivity contribution in [2.75, 3.05) is 26.2 Å². The minimum atomic E-state index is -0.539. The molecule has 3 rings (SSSR count). The van der Waals surface area contributed by atoms with E-state index in [-0.39, 0.29) is 35.6 Å². The van der Waals surface area contributed by atoms with Crippen LogP contribution in [0.4, 0.5) is 4.39 Å². The molecule has 1 atom stereocenters. The standard InChI is InChI=1S/C15H17FN2O3/c16-10-1-3-13(19)12(7-10)14(20)9-17-5-6-18-11(8-17)2-4-15(18)21/h1,3,7,11,19H,2,4-6,8-9H2. The number of carbonyl (C=O) groups excluding carboxylic acids is 2. The molecule has 21 heavy (non-hydrogen) atoms. The molecule has 2 saturated heterocycles. The second kappa shape index (κ2) is 5.44. The number of phenolic OH excluding ortho intramolecular Hbond substituents is 1. The van der Waals surface area contributed by atoms with Gasteiger partial charge in [-0.05, 0) is 24.6 Å². The fourth-order valence-electron chi connectivity index (χ4n) is 3.09. The van der Waals surface area contributed by atoms with E-state index in [1.54, 1.807) is 0 Å². The number of nitrogens with zero attached hydrogens (tertiary/aromatic N) is 2. The van der Waals surface area contributed by atoms with Crippen molar-refractivity contribution >= 4 is 11.7 Å². The van der Waals surface area contributed by atoms with E-state index in [2.05, 4.69) is 0 Å². The number of aromatic hydroxyl groups is 1. The maximum atomic E-state index is 13.2. The van der Waals surface area contributed by atoms with E-state index in [0.717, 1.165) is 18.6 Å². The van der Waals surface area contributed by atoms with E-state index >= 15 is 0 Å². The second-order valence-corrected chi connectivity index (χ2v) is 5.60. The van der Waals surface area contributed by atoms with Gasteiger partial charge in [0.15, 0.2) is 5.78 Å². The summed E-state index contributed by atoms with van der Waals surface area (Å²) in [5.74, 6) is -0.850. The molecular formula is C15H17FN2O3. The normalized spacial score (nSPS) is 22.4. The molecule has 2 heterocycles. The van der Waals surface area contributed by atoms with Crippen molar-refractivity contribution in [2.24, 2.45) is 0 Å². The highest BCUT2D eigenvalue weighted by Crippen LogP contribution is 2.24. The molecule has 0 aromatic heterocycles. The molecule has 1 N–H and O–H groups in total. The van der Waals surface area contributed by atoms with Gasteiger partial charge in [0.05, 0.1) is 12.1 Å². The van der Waals surface area contributed by atoms with Crippen molar-refractivity contribution in [1.82, 2.24) is 9.80 Å². The Kier molecular flexibility index (Phi) is 3.63. The summed E-state index contributed by atoms with van der Waals surface area (Å²) in [5.41, 5.74) is 0.0138. The van der Waals surface area contributed by atoms with Crippen molar-refractivity contribution in [3.63, 3.8) is 0 Å². The van der Waals surface area contributed by atoms with Gasteiger partial charge in [0.1, 0.15) is 11.6 Å². The van der Waals surface area contributed by atoms with Crippen LogP contribution in [0.3, 0.4) is 0 Å². The Hall–Kier alpha value is -1.95. The van der Waals surface area contributed by atoms with Crippen molar-refractivity contribution in [3.8, 4) is 5.75 Å². The average molecular weight is 292 g/mol. The third kappa shape index (κ3) is 2.76. The van der Waals surface area contributed by atoms with Crippen molar-refractivity contribution < 1.29 is 19.1 Å². The molecule has 0 aliphatic carbocycles. The molecular weight excluding hydrogens is 275 g/mol. The summed E-state index contributed by atoms with van der Waals surface area (Å²) < 4.78 is 13.2. The lowest BCUT2D eigenvalue weighted by Gasteiger charge is -2.37. The number of halogens is 1. The topological polar surface area (TPSA) is 60.9 Å². The van der Waals surface area contributed by atoms with Crippen LogP contribution in [0, 0.1) is 5.82 Å². The third-order valence-electron chi connectivity index (χ3n) is 4.20. The van der Waals surface area contributed by atoms with Crippen molar-refractivity contribution in [1.29, 1.82) is 0 Å². The van der Waals surface area contributed by atoms with E-state index in [1.807, 2.05) is 9.80 Å². The Morgan fingerprint density at radius 1 is 1.38 bits per heavy atom. The van der Waals surface area contributed by atoms with Crippen LogP contribution in [0.1, 0.15) is 23.2 Å². The molecule has 1 aromatic carbocycles. The SMILES string of the molecule is O=C(CN1CCN2C(=O)CCC2C1)c1cc(F)ccc1O. The summed E-state index contributed by atoms with van der Waals surface area (Å²) in [6.07, 6.45) is 1.41. The van der Waals surface area contributed by atoms with E-state index in [0.29, 0.717) is 26.1 Å². The predicted molar refractivity (Wildman–Crippen MR) is 73.6 cm³/mol. The maximum absolute atomic E-state index is 13.2. The molecule has 1 aromatic rings. The molecule has 0 spiro atoms. The average Bonchev–Trinajstić information content (AvgIpc) is 2.82. The van der Waals surface area contributed by atoms with Crippen LogP contribution < -0.4 is 0 Å². The minimum absolute atomic E-state index is 0.0138. The number of benzene rings is 1. The highest BCUT2D eigenvalue weighted by atomic mass is 19.1. The summed E-state index contributed by atoms with van der Waals surface area (Å²) in [6.45, 7) is 2.05. The number of phenols is 1. The summed E-state index contributed by atoms with van der Waals surface area (Å²) in [6, 6.07) is 3.55. The molecule has 1 amide bonds. The Balaban J connectivity index is 1.66. The van der Waals surface area contributed by atoms with E-state index in [4.69, 9.17) is 0 Å². The molecule has 2 aliphatic rings. The fraction of sp³-hybridized carbons (Fsp3) is 0.467. The van der Waals surface area contributed by atoms with E-state index in [9.17, 15) is 19.1 Å². The molecule has 0 saturated carbocycles. The molecule has 2 fully saturated rings. The number of rotatable bonds is 3. The molecule has 112 valence electrons. The van der Waals surface area contributed by atoms with Gasteiger partial charge in [-0.25, -0.2) is 4.39 Å². The maximum Gasteiger partial charge on any atom is 0.222 e. The zero-order valence-corrected chi connectivity index (χ0v) is 11.6. The van der Waals surface area contributed by atoms with Crippen LogP contribution in [0.5, 0.6) is 5.75 Å². The van der Waals surface area contributed by atoms with Gasteiger partial charge < -0.3 is 10.0 Å². The number of Topliss-reactive ketones (excluding diaryl/α,β-unsaturated/α-hetero) is 1. The van der Waals surface area contributed by atoms with Gasteiger partial charge in [-0.15, -0.1) is 0 Å². The highest BCUT2D eigenvalue weighted by Gasteiger charge is 2.35. The lowest BCUT2D eigenvalue weighted by atomic mass is 10.1. The number of amides is 1. The lowest BCUT2D eigenvalue weighted by Crippen LogP contribution is -2.52. The first-order valence-corrected chi connectivity index (χ1v) is 7.08. The number of hydrogen-bond donors (Lipinski definition) is 1. The Bertz CT molecular complexity index is 590. The third-order valence-corrected chi connectivity index (χ3v) is 4.20. The van der Waals surface area contributed by atoms with Gasteiger partial charge in [-0.3, -0.25) is 14.5 Å². The number of piperazine rings is 1. The zero-order chi connectivity index (χ0) is 15.0. The van der Waals surface area contributed by atoms with Gasteiger partial charge in [-0.2, -0.15) is 0 Å². The molecule has 5 nitrogen and oxygen atoms in total.